The molecule has 0 fully saturated rings. The van der Waals surface area contributed by atoms with Gasteiger partial charge in [0.15, 0.2) is 0 Å². The molecule has 210 valence electrons. The number of furan rings is 1. The Hall–Kier alpha value is -5.64. The Kier molecular flexibility index (Phi) is 5.19. The van der Waals surface area contributed by atoms with Gasteiger partial charge in [-0.05, 0) is 75.5 Å². The lowest BCUT2D eigenvalue weighted by Gasteiger charge is -2.11. The first-order valence-corrected chi connectivity index (χ1v) is 16.1. The molecule has 10 rings (SSSR count). The number of fused-ring (bicyclic) bond motifs is 10. The highest BCUT2D eigenvalue weighted by atomic mass is 32.1. The van der Waals surface area contributed by atoms with Gasteiger partial charge < -0.3 is 8.98 Å². The second-order valence-corrected chi connectivity index (χ2v) is 12.7. The average Bonchev–Trinajstić information content (AvgIpc) is 3.77. The molecule has 3 heterocycles. The van der Waals surface area contributed by atoms with Crippen molar-refractivity contribution < 1.29 is 4.42 Å². The van der Waals surface area contributed by atoms with Crippen LogP contribution in [0.15, 0.2) is 156 Å². The Morgan fingerprint density at radius 3 is 2.02 bits per heavy atom. The summed E-state index contributed by atoms with van der Waals surface area (Å²) in [6, 6.07) is 54.6. The van der Waals surface area contributed by atoms with Crippen LogP contribution in [0.3, 0.4) is 0 Å². The molecule has 0 unspecified atom stereocenters. The predicted octanol–water partition coefficient (Wildman–Crippen LogP) is 12.4. The molecule has 0 aliphatic heterocycles. The van der Waals surface area contributed by atoms with Crippen molar-refractivity contribution in [3.05, 3.63) is 152 Å². The van der Waals surface area contributed by atoms with Crippen molar-refractivity contribution in [2.75, 3.05) is 0 Å². The maximum atomic E-state index is 6.43. The second-order valence-electron chi connectivity index (χ2n) is 11.7. The van der Waals surface area contributed by atoms with E-state index < -0.39 is 0 Å². The smallest absolute Gasteiger partial charge is 0.136 e. The predicted molar refractivity (Wildman–Crippen MR) is 192 cm³/mol. The van der Waals surface area contributed by atoms with E-state index in [9.17, 15) is 0 Å². The summed E-state index contributed by atoms with van der Waals surface area (Å²) in [4.78, 5) is 0. The van der Waals surface area contributed by atoms with E-state index in [4.69, 9.17) is 4.42 Å². The monoisotopic (exact) mass is 591 g/mol. The standard InChI is InChI=1S/C42H25NOS/c1-2-11-29(12-3-1)43-36-17-9-8-16-33(36)42-41(43)35-22-19-28(25-39(35)45-42)31-14-7-6-13-30(31)27-18-21-34-38(24-27)44-37-23-20-26-10-4-5-15-32(26)40(34)37/h1-25H. The highest BCUT2D eigenvalue weighted by molar-refractivity contribution is 7.26. The van der Waals surface area contributed by atoms with Crippen molar-refractivity contribution in [3.8, 4) is 27.9 Å². The van der Waals surface area contributed by atoms with Crippen LogP contribution in [-0.2, 0) is 0 Å². The van der Waals surface area contributed by atoms with Gasteiger partial charge in [-0.15, -0.1) is 11.3 Å². The van der Waals surface area contributed by atoms with Crippen LogP contribution in [0.2, 0.25) is 0 Å². The summed E-state index contributed by atoms with van der Waals surface area (Å²) in [6.45, 7) is 0. The molecule has 0 N–H and O–H groups in total. The van der Waals surface area contributed by atoms with Crippen LogP contribution in [0.4, 0.5) is 0 Å². The van der Waals surface area contributed by atoms with E-state index in [0.29, 0.717) is 0 Å². The minimum absolute atomic E-state index is 0.915. The van der Waals surface area contributed by atoms with Gasteiger partial charge in [-0.2, -0.15) is 0 Å². The summed E-state index contributed by atoms with van der Waals surface area (Å²) < 4.78 is 11.5. The van der Waals surface area contributed by atoms with Crippen LogP contribution in [0.1, 0.15) is 0 Å². The number of hydrogen-bond donors (Lipinski definition) is 0. The third-order valence-corrected chi connectivity index (χ3v) is 10.4. The fourth-order valence-corrected chi connectivity index (χ4v) is 8.44. The van der Waals surface area contributed by atoms with E-state index in [1.54, 1.807) is 0 Å². The van der Waals surface area contributed by atoms with Gasteiger partial charge >= 0.3 is 0 Å². The molecule has 0 aliphatic rings. The molecule has 3 aromatic heterocycles. The molecule has 0 bridgehead atoms. The molecule has 0 spiro atoms. The number of nitrogens with zero attached hydrogens (tertiary/aromatic N) is 1. The molecule has 0 radical (unpaired) electrons. The average molecular weight is 592 g/mol. The van der Waals surface area contributed by atoms with Crippen molar-refractivity contribution in [2.45, 2.75) is 0 Å². The minimum Gasteiger partial charge on any atom is -0.456 e. The molecular formula is C42H25NOS. The molecule has 7 aromatic carbocycles. The zero-order valence-corrected chi connectivity index (χ0v) is 25.0. The van der Waals surface area contributed by atoms with Crippen molar-refractivity contribution >= 4 is 75.3 Å². The number of hydrogen-bond acceptors (Lipinski definition) is 2. The molecule has 0 aliphatic carbocycles. The van der Waals surface area contributed by atoms with E-state index in [1.165, 1.54) is 69.7 Å². The van der Waals surface area contributed by atoms with Crippen molar-refractivity contribution in [1.29, 1.82) is 0 Å². The van der Waals surface area contributed by atoms with Gasteiger partial charge in [0.25, 0.3) is 0 Å². The fourth-order valence-electron chi connectivity index (χ4n) is 7.18. The van der Waals surface area contributed by atoms with Gasteiger partial charge in [0.1, 0.15) is 11.2 Å². The van der Waals surface area contributed by atoms with Gasteiger partial charge in [0.05, 0.1) is 15.7 Å². The van der Waals surface area contributed by atoms with Crippen molar-refractivity contribution in [1.82, 2.24) is 4.57 Å². The number of thiophene rings is 1. The fraction of sp³-hybridized carbons (Fsp3) is 0. The summed E-state index contributed by atoms with van der Waals surface area (Å²) in [7, 11) is 0. The maximum absolute atomic E-state index is 6.43. The van der Waals surface area contributed by atoms with Gasteiger partial charge in [0.2, 0.25) is 0 Å². The number of aromatic nitrogens is 1. The first-order valence-electron chi connectivity index (χ1n) is 15.3. The Morgan fingerprint density at radius 2 is 1.18 bits per heavy atom. The third-order valence-electron chi connectivity index (χ3n) is 9.20. The van der Waals surface area contributed by atoms with Crippen LogP contribution in [0, 0.1) is 0 Å². The summed E-state index contributed by atoms with van der Waals surface area (Å²) in [5, 5.41) is 7.38. The Morgan fingerprint density at radius 1 is 0.489 bits per heavy atom. The van der Waals surface area contributed by atoms with E-state index >= 15 is 0 Å². The summed E-state index contributed by atoms with van der Waals surface area (Å²) in [5.41, 5.74) is 10.3. The van der Waals surface area contributed by atoms with E-state index in [0.717, 1.165) is 22.1 Å². The summed E-state index contributed by atoms with van der Waals surface area (Å²) >= 11 is 1.89. The lowest BCUT2D eigenvalue weighted by molar-refractivity contribution is 0.669. The van der Waals surface area contributed by atoms with Crippen molar-refractivity contribution in [2.24, 2.45) is 0 Å². The zero-order chi connectivity index (χ0) is 29.5. The van der Waals surface area contributed by atoms with Crippen LogP contribution in [-0.4, -0.2) is 4.57 Å². The normalized spacial score (nSPS) is 12.0. The molecule has 45 heavy (non-hydrogen) atoms. The third kappa shape index (κ3) is 3.62. The molecule has 10 aromatic rings. The Bertz CT molecular complexity index is 2760. The first kappa shape index (κ1) is 24.8. The lowest BCUT2D eigenvalue weighted by atomic mass is 9.93. The van der Waals surface area contributed by atoms with Gasteiger partial charge in [-0.3, -0.25) is 0 Å². The minimum atomic E-state index is 0.915. The van der Waals surface area contributed by atoms with E-state index in [1.807, 2.05) is 11.3 Å². The molecule has 2 nitrogen and oxygen atoms in total. The number of rotatable bonds is 3. The van der Waals surface area contributed by atoms with E-state index in [2.05, 4.69) is 156 Å². The summed E-state index contributed by atoms with van der Waals surface area (Å²) in [6.07, 6.45) is 0. The molecule has 0 atom stereocenters. The van der Waals surface area contributed by atoms with Gasteiger partial charge in [-0.1, -0.05) is 109 Å². The maximum Gasteiger partial charge on any atom is 0.136 e. The Balaban J connectivity index is 1.15. The second kappa shape index (κ2) is 9.43. The number of para-hydroxylation sites is 2. The first-order chi connectivity index (χ1) is 22.3. The van der Waals surface area contributed by atoms with Crippen LogP contribution in [0.25, 0.3) is 91.9 Å². The Labute approximate surface area is 263 Å². The molecular weight excluding hydrogens is 567 g/mol. The topological polar surface area (TPSA) is 18.1 Å². The molecule has 0 saturated carbocycles. The van der Waals surface area contributed by atoms with Crippen molar-refractivity contribution in [3.63, 3.8) is 0 Å². The largest absolute Gasteiger partial charge is 0.456 e. The SMILES string of the molecule is c1ccc(-n2c3ccccc3c3sc4cc(-c5ccccc5-c5ccc6c(c5)oc5ccc7ccccc7c56)ccc4c32)cc1. The number of benzene rings is 7. The zero-order valence-electron chi connectivity index (χ0n) is 24.2. The van der Waals surface area contributed by atoms with Gasteiger partial charge in [-0.25, -0.2) is 0 Å². The van der Waals surface area contributed by atoms with Crippen LogP contribution >= 0.6 is 11.3 Å². The highest BCUT2D eigenvalue weighted by Gasteiger charge is 2.19. The quantitative estimate of drug-likeness (QED) is 0.200. The van der Waals surface area contributed by atoms with Crippen LogP contribution < -0.4 is 0 Å². The van der Waals surface area contributed by atoms with Gasteiger partial charge in [0, 0.05) is 31.9 Å². The van der Waals surface area contributed by atoms with Crippen LogP contribution in [0.5, 0.6) is 0 Å². The summed E-state index contributed by atoms with van der Waals surface area (Å²) in [5.74, 6) is 0. The molecule has 0 amide bonds. The lowest BCUT2D eigenvalue weighted by Crippen LogP contribution is -1.92. The highest BCUT2D eigenvalue weighted by Crippen LogP contribution is 2.45. The van der Waals surface area contributed by atoms with E-state index in [-0.39, 0.29) is 0 Å². The molecule has 0 saturated heterocycles. The molecule has 3 heteroatoms.